The number of ether oxygens (including phenoxy) is 3. The molecule has 3 heterocycles. The van der Waals surface area contributed by atoms with Crippen LogP contribution in [0.4, 0.5) is 5.95 Å². The molecule has 8 heteroatoms. The van der Waals surface area contributed by atoms with E-state index in [1.807, 2.05) is 71.4 Å². The van der Waals surface area contributed by atoms with Crippen LogP contribution in [0.15, 0.2) is 78.6 Å². The van der Waals surface area contributed by atoms with Gasteiger partial charge in [-0.3, -0.25) is 0 Å². The van der Waals surface area contributed by atoms with Crippen molar-refractivity contribution in [2.24, 2.45) is 0 Å². The summed E-state index contributed by atoms with van der Waals surface area (Å²) in [6.07, 6.45) is 1.15. The van der Waals surface area contributed by atoms with Crippen LogP contribution in [0, 0.1) is 0 Å². The number of nitrogens with one attached hydrogen (secondary N) is 1. The fourth-order valence-corrected chi connectivity index (χ4v) is 4.80. The van der Waals surface area contributed by atoms with Crippen LogP contribution in [0.2, 0.25) is 5.02 Å². The highest BCUT2D eigenvalue weighted by Gasteiger charge is 2.41. The molecular weight excluding hydrogens is 452 g/mol. The number of anilines is 1. The molecule has 0 bridgehead atoms. The van der Waals surface area contributed by atoms with Gasteiger partial charge in [0.25, 0.3) is 0 Å². The zero-order chi connectivity index (χ0) is 23.2. The van der Waals surface area contributed by atoms with Gasteiger partial charge >= 0.3 is 0 Å². The molecule has 0 unspecified atom stereocenters. The first-order valence-corrected chi connectivity index (χ1v) is 11.2. The molecule has 34 heavy (non-hydrogen) atoms. The maximum atomic E-state index is 6.65. The molecule has 0 saturated heterocycles. The first-order chi connectivity index (χ1) is 16.7. The predicted octanol–water partition coefficient (Wildman–Crippen LogP) is 5.51. The van der Waals surface area contributed by atoms with Gasteiger partial charge in [-0.2, -0.15) is 10.1 Å². The number of benzene rings is 3. The molecule has 1 N–H and O–H groups in total. The van der Waals surface area contributed by atoms with E-state index in [-0.39, 0.29) is 6.04 Å². The minimum absolute atomic E-state index is 0.252. The van der Waals surface area contributed by atoms with E-state index in [4.69, 9.17) is 25.8 Å². The third-order valence-corrected chi connectivity index (χ3v) is 6.47. The van der Waals surface area contributed by atoms with Gasteiger partial charge in [-0.25, -0.2) is 4.68 Å². The summed E-state index contributed by atoms with van der Waals surface area (Å²) >= 11 is 6.21. The fraction of sp³-hybridized carbons (Fsp3) is 0.154. The Kier molecular flexibility index (Phi) is 4.92. The predicted molar refractivity (Wildman–Crippen MR) is 130 cm³/mol. The van der Waals surface area contributed by atoms with E-state index >= 15 is 0 Å². The van der Waals surface area contributed by atoms with Crippen molar-refractivity contribution >= 4 is 23.2 Å². The van der Waals surface area contributed by atoms with Gasteiger partial charge in [-0.15, -0.1) is 0 Å². The standard InChI is InChI=1S/C26H21ClN4O3/c1-32-20-12-9-16(13-21(20)33-2)25-22-23(18-5-3-4-6-19(18)34-25)30-26-28-14-29-31(26)24(22)15-7-10-17(27)11-8-15/h3-14,24-25H,1-2H3,(H,28,29,30)/t24-,25+/m0/s1. The summed E-state index contributed by atoms with van der Waals surface area (Å²) in [7, 11) is 3.25. The number of hydrogen-bond donors (Lipinski definition) is 1. The van der Waals surface area contributed by atoms with Crippen molar-refractivity contribution in [1.29, 1.82) is 0 Å². The van der Waals surface area contributed by atoms with Crippen LogP contribution in [-0.2, 0) is 0 Å². The molecular formula is C26H21ClN4O3. The first-order valence-electron chi connectivity index (χ1n) is 10.8. The van der Waals surface area contributed by atoms with E-state index in [0.717, 1.165) is 33.7 Å². The molecule has 0 amide bonds. The second-order valence-electron chi connectivity index (χ2n) is 8.05. The number of nitrogens with zero attached hydrogens (tertiary/aromatic N) is 3. The smallest absolute Gasteiger partial charge is 0.226 e. The third-order valence-electron chi connectivity index (χ3n) is 6.22. The summed E-state index contributed by atoms with van der Waals surface area (Å²) in [5, 5.41) is 8.73. The molecule has 2 aliphatic rings. The Morgan fingerprint density at radius 2 is 1.71 bits per heavy atom. The lowest BCUT2D eigenvalue weighted by Gasteiger charge is -2.39. The molecule has 0 spiro atoms. The second kappa shape index (κ2) is 8.11. The Bertz CT molecular complexity index is 1410. The Hall–Kier alpha value is -3.97. The number of hydrogen-bond acceptors (Lipinski definition) is 6. The maximum absolute atomic E-state index is 6.65. The Morgan fingerprint density at radius 1 is 0.941 bits per heavy atom. The Balaban J connectivity index is 1.60. The summed E-state index contributed by atoms with van der Waals surface area (Å²) in [6.45, 7) is 0. The van der Waals surface area contributed by atoms with Gasteiger partial charge in [-0.1, -0.05) is 41.9 Å². The fourth-order valence-electron chi connectivity index (χ4n) is 4.67. The molecule has 1 aromatic heterocycles. The highest BCUT2D eigenvalue weighted by atomic mass is 35.5. The molecule has 2 aliphatic heterocycles. The van der Waals surface area contributed by atoms with Gasteiger partial charge in [-0.05, 0) is 42.0 Å². The number of aromatic nitrogens is 3. The van der Waals surface area contributed by atoms with Gasteiger partial charge in [0.2, 0.25) is 5.95 Å². The monoisotopic (exact) mass is 472 g/mol. The van der Waals surface area contributed by atoms with Crippen LogP contribution in [0.5, 0.6) is 17.2 Å². The van der Waals surface area contributed by atoms with Gasteiger partial charge in [0.15, 0.2) is 11.5 Å². The van der Waals surface area contributed by atoms with Gasteiger partial charge in [0.1, 0.15) is 24.2 Å². The molecule has 170 valence electrons. The molecule has 0 fully saturated rings. The van der Waals surface area contributed by atoms with Gasteiger partial charge < -0.3 is 19.5 Å². The van der Waals surface area contributed by atoms with Crippen molar-refractivity contribution in [2.75, 3.05) is 19.5 Å². The minimum Gasteiger partial charge on any atom is -0.493 e. The van der Waals surface area contributed by atoms with Crippen molar-refractivity contribution in [2.45, 2.75) is 12.1 Å². The van der Waals surface area contributed by atoms with Gasteiger partial charge in [0, 0.05) is 21.7 Å². The number of para-hydroxylation sites is 1. The molecule has 2 atom stereocenters. The van der Waals surface area contributed by atoms with Crippen molar-refractivity contribution in [3.63, 3.8) is 0 Å². The topological polar surface area (TPSA) is 70.4 Å². The Morgan fingerprint density at radius 3 is 2.50 bits per heavy atom. The number of halogens is 1. The molecule has 0 saturated carbocycles. The van der Waals surface area contributed by atoms with Crippen LogP contribution in [-0.4, -0.2) is 29.0 Å². The summed E-state index contributed by atoms with van der Waals surface area (Å²) in [5.74, 6) is 2.75. The van der Waals surface area contributed by atoms with Crippen molar-refractivity contribution in [1.82, 2.24) is 14.8 Å². The van der Waals surface area contributed by atoms with E-state index in [1.54, 1.807) is 20.5 Å². The van der Waals surface area contributed by atoms with Crippen LogP contribution in [0.3, 0.4) is 0 Å². The molecule has 3 aromatic carbocycles. The average Bonchev–Trinajstić information content (AvgIpc) is 3.35. The Labute approximate surface area is 201 Å². The molecule has 7 nitrogen and oxygen atoms in total. The van der Waals surface area contributed by atoms with Crippen LogP contribution in [0.25, 0.3) is 5.70 Å². The van der Waals surface area contributed by atoms with Crippen molar-refractivity contribution in [3.05, 3.63) is 100 Å². The van der Waals surface area contributed by atoms with Gasteiger partial charge in [0.05, 0.1) is 19.9 Å². The van der Waals surface area contributed by atoms with Crippen molar-refractivity contribution in [3.8, 4) is 17.2 Å². The van der Waals surface area contributed by atoms with E-state index in [9.17, 15) is 0 Å². The van der Waals surface area contributed by atoms with Crippen LogP contribution >= 0.6 is 11.6 Å². The molecule has 0 radical (unpaired) electrons. The van der Waals surface area contributed by atoms with E-state index in [1.165, 1.54) is 0 Å². The van der Waals surface area contributed by atoms with E-state index in [2.05, 4.69) is 15.4 Å². The average molecular weight is 473 g/mol. The molecule has 4 aromatic rings. The largest absolute Gasteiger partial charge is 0.493 e. The summed E-state index contributed by atoms with van der Waals surface area (Å²) < 4.78 is 19.6. The van der Waals surface area contributed by atoms with Crippen LogP contribution in [0.1, 0.15) is 28.8 Å². The van der Waals surface area contributed by atoms with Crippen LogP contribution < -0.4 is 19.5 Å². The second-order valence-corrected chi connectivity index (χ2v) is 8.48. The first kappa shape index (κ1) is 20.6. The third kappa shape index (κ3) is 3.20. The molecule has 0 aliphatic carbocycles. The lowest BCUT2D eigenvalue weighted by molar-refractivity contribution is 0.222. The minimum atomic E-state index is -0.407. The lowest BCUT2D eigenvalue weighted by Crippen LogP contribution is -2.32. The highest BCUT2D eigenvalue weighted by Crippen LogP contribution is 2.51. The maximum Gasteiger partial charge on any atom is 0.226 e. The summed E-state index contributed by atoms with van der Waals surface area (Å²) in [4.78, 5) is 4.47. The molecule has 6 rings (SSSR count). The number of fused-ring (bicyclic) bond motifs is 3. The van der Waals surface area contributed by atoms with E-state index < -0.39 is 6.10 Å². The number of rotatable bonds is 4. The number of methoxy groups -OCH3 is 2. The summed E-state index contributed by atoms with van der Waals surface area (Å²) in [5.41, 5.74) is 4.92. The quantitative estimate of drug-likeness (QED) is 0.422. The van der Waals surface area contributed by atoms with Crippen molar-refractivity contribution < 1.29 is 14.2 Å². The normalized spacial score (nSPS) is 18.2. The lowest BCUT2D eigenvalue weighted by atomic mass is 9.84. The zero-order valence-corrected chi connectivity index (χ0v) is 19.3. The summed E-state index contributed by atoms with van der Waals surface area (Å²) in [6, 6.07) is 21.4. The highest BCUT2D eigenvalue weighted by molar-refractivity contribution is 6.30. The SMILES string of the molecule is COc1ccc([C@H]2Oc3ccccc3C3=C2[C@H](c2ccc(Cl)cc2)n2ncnc2N3)cc1OC. The van der Waals surface area contributed by atoms with E-state index in [0.29, 0.717) is 22.5 Å². The zero-order valence-electron chi connectivity index (χ0n) is 18.5.